The van der Waals surface area contributed by atoms with Crippen LogP contribution in [0, 0.1) is 23.7 Å². The van der Waals surface area contributed by atoms with E-state index in [1.165, 1.54) is 0 Å². The van der Waals surface area contributed by atoms with Crippen LogP contribution in [0.4, 0.5) is 4.79 Å². The molecule has 0 aliphatic carbocycles. The predicted molar refractivity (Wildman–Crippen MR) is 75.3 cm³/mol. The Morgan fingerprint density at radius 3 is 2.10 bits per heavy atom. The molecule has 0 radical (unpaired) electrons. The van der Waals surface area contributed by atoms with Crippen LogP contribution in [0.2, 0.25) is 0 Å². The van der Waals surface area contributed by atoms with Crippen LogP contribution in [0.25, 0.3) is 0 Å². The normalized spacial score (nSPS) is 11.1. The highest BCUT2D eigenvalue weighted by Crippen LogP contribution is 2.13. The first-order chi connectivity index (χ1) is 9.93. The number of carbonyl (C=O) groups excluding carboxylic acids is 3. The molecule has 6 heteroatoms. The summed E-state index contributed by atoms with van der Waals surface area (Å²) in [4.78, 5) is 34.6. The monoisotopic (exact) mass is 298 g/mol. The van der Waals surface area contributed by atoms with Crippen LogP contribution in [0.5, 0.6) is 0 Å². The molecule has 0 bridgehead atoms. The van der Waals surface area contributed by atoms with E-state index in [4.69, 9.17) is 4.74 Å². The minimum absolute atomic E-state index is 0.0437. The van der Waals surface area contributed by atoms with Crippen molar-refractivity contribution in [1.82, 2.24) is 0 Å². The molecule has 0 heterocycles. The number of Topliss-reactive ketones (excluding diaryl/α,β-unsaturated/α-hetero) is 1. The molecule has 0 aliphatic rings. The summed E-state index contributed by atoms with van der Waals surface area (Å²) < 4.78 is 14.1. The zero-order valence-corrected chi connectivity index (χ0v) is 12.9. The van der Waals surface area contributed by atoms with Crippen molar-refractivity contribution < 1.29 is 28.6 Å². The van der Waals surface area contributed by atoms with Crippen molar-refractivity contribution in [2.45, 2.75) is 34.1 Å². The third-order valence-corrected chi connectivity index (χ3v) is 2.44. The third-order valence-electron chi connectivity index (χ3n) is 2.44. The summed E-state index contributed by atoms with van der Waals surface area (Å²) in [6.45, 7) is 7.05. The van der Waals surface area contributed by atoms with Gasteiger partial charge < -0.3 is 14.2 Å². The Balaban J connectivity index is 4.46. The smallest absolute Gasteiger partial charge is 0.465 e. The van der Waals surface area contributed by atoms with Gasteiger partial charge in [0.25, 0.3) is 0 Å². The van der Waals surface area contributed by atoms with Gasteiger partial charge in [0, 0.05) is 12.3 Å². The van der Waals surface area contributed by atoms with Gasteiger partial charge in [0.1, 0.15) is 5.92 Å². The minimum atomic E-state index is -0.903. The van der Waals surface area contributed by atoms with Crippen LogP contribution >= 0.6 is 0 Å². The number of carbonyl (C=O) groups is 3. The zero-order valence-electron chi connectivity index (χ0n) is 12.9. The summed E-state index contributed by atoms with van der Waals surface area (Å²) in [5.41, 5.74) is 0. The van der Waals surface area contributed by atoms with Gasteiger partial charge in [0.05, 0.1) is 13.2 Å². The van der Waals surface area contributed by atoms with Gasteiger partial charge in [0.2, 0.25) is 0 Å². The first-order valence-electron chi connectivity index (χ1n) is 6.89. The topological polar surface area (TPSA) is 78.9 Å². The second-order valence-corrected chi connectivity index (χ2v) is 4.39. The van der Waals surface area contributed by atoms with Gasteiger partial charge in [-0.05, 0) is 13.8 Å². The van der Waals surface area contributed by atoms with Crippen LogP contribution in [-0.2, 0) is 23.8 Å². The summed E-state index contributed by atoms with van der Waals surface area (Å²) in [6.07, 6.45) is -0.755. The maximum Gasteiger partial charge on any atom is 0.509 e. The van der Waals surface area contributed by atoms with Gasteiger partial charge in [-0.1, -0.05) is 25.7 Å². The number of esters is 1. The molecule has 118 valence electrons. The van der Waals surface area contributed by atoms with Gasteiger partial charge in [-0.15, -0.1) is 0 Å². The van der Waals surface area contributed by atoms with E-state index in [2.05, 4.69) is 21.3 Å². The molecule has 1 atom stereocenters. The molecule has 0 saturated carbocycles. The lowest BCUT2D eigenvalue weighted by atomic mass is 9.93. The number of ketones is 1. The molecule has 6 nitrogen and oxygen atoms in total. The van der Waals surface area contributed by atoms with Crippen LogP contribution in [-0.4, -0.2) is 37.7 Å². The Morgan fingerprint density at radius 2 is 1.57 bits per heavy atom. The van der Waals surface area contributed by atoms with Crippen molar-refractivity contribution in [3.8, 4) is 11.8 Å². The lowest BCUT2D eigenvalue weighted by Gasteiger charge is -2.13. The number of hydrogen-bond donors (Lipinski definition) is 0. The second kappa shape index (κ2) is 10.7. The van der Waals surface area contributed by atoms with E-state index in [9.17, 15) is 14.4 Å². The quantitative estimate of drug-likeness (QED) is 0.406. The number of hydrogen-bond acceptors (Lipinski definition) is 6. The fourth-order valence-electron chi connectivity index (χ4n) is 1.43. The maximum atomic E-state index is 11.9. The minimum Gasteiger partial charge on any atom is -0.465 e. The molecule has 0 spiro atoms. The van der Waals surface area contributed by atoms with Crippen LogP contribution in [0.15, 0.2) is 0 Å². The van der Waals surface area contributed by atoms with Gasteiger partial charge in [0.15, 0.2) is 12.4 Å². The molecule has 1 unspecified atom stereocenters. The van der Waals surface area contributed by atoms with Gasteiger partial charge in [-0.3, -0.25) is 9.59 Å². The van der Waals surface area contributed by atoms with Gasteiger partial charge in [-0.25, -0.2) is 4.79 Å². The lowest BCUT2D eigenvalue weighted by molar-refractivity contribution is -0.152. The molecule has 0 aromatic carbocycles. The Morgan fingerprint density at radius 1 is 0.952 bits per heavy atom. The molecule has 0 aromatic rings. The second-order valence-electron chi connectivity index (χ2n) is 4.39. The molecule has 0 rings (SSSR count). The van der Waals surface area contributed by atoms with Gasteiger partial charge in [-0.2, -0.15) is 0 Å². The predicted octanol–water partition coefficient (Wildman–Crippen LogP) is 1.96. The van der Waals surface area contributed by atoms with Crippen molar-refractivity contribution in [1.29, 1.82) is 0 Å². The van der Waals surface area contributed by atoms with E-state index < -0.39 is 18.0 Å². The molecular formula is C15H22O6. The summed E-state index contributed by atoms with van der Waals surface area (Å²) in [5.74, 6) is 3.25. The summed E-state index contributed by atoms with van der Waals surface area (Å²) >= 11 is 0. The van der Waals surface area contributed by atoms with Crippen molar-refractivity contribution in [3.05, 3.63) is 0 Å². The first-order valence-corrected chi connectivity index (χ1v) is 6.89. The highest BCUT2D eigenvalue weighted by Gasteiger charge is 2.28. The van der Waals surface area contributed by atoms with Crippen molar-refractivity contribution in [3.63, 3.8) is 0 Å². The summed E-state index contributed by atoms with van der Waals surface area (Å²) in [6, 6.07) is 0. The Labute approximate surface area is 125 Å². The van der Waals surface area contributed by atoms with Gasteiger partial charge >= 0.3 is 12.1 Å². The summed E-state index contributed by atoms with van der Waals surface area (Å²) in [5, 5.41) is 0. The molecule has 0 fully saturated rings. The fraction of sp³-hybridized carbons (Fsp3) is 0.667. The zero-order chi connectivity index (χ0) is 16.3. The standard InChI is InChI=1S/C15H22O6/c1-5-19-14(17)12(13(16)11(3)4)9-7-8-10-21-15(18)20-6-2/h11-12H,5-6,9-10H2,1-4H3. The lowest BCUT2D eigenvalue weighted by Crippen LogP contribution is -2.29. The van der Waals surface area contributed by atoms with E-state index in [1.54, 1.807) is 27.7 Å². The molecule has 21 heavy (non-hydrogen) atoms. The third kappa shape index (κ3) is 7.98. The van der Waals surface area contributed by atoms with E-state index in [0.717, 1.165) is 0 Å². The van der Waals surface area contributed by atoms with Crippen molar-refractivity contribution in [2.24, 2.45) is 11.8 Å². The van der Waals surface area contributed by atoms with E-state index in [1.807, 2.05) is 0 Å². The molecule has 0 N–H and O–H groups in total. The Bertz CT molecular complexity index is 416. The van der Waals surface area contributed by atoms with Crippen LogP contribution < -0.4 is 0 Å². The van der Waals surface area contributed by atoms with Crippen molar-refractivity contribution >= 4 is 17.9 Å². The molecular weight excluding hydrogens is 276 g/mol. The number of rotatable bonds is 7. The Kier molecular flexibility index (Phi) is 9.69. The van der Waals surface area contributed by atoms with Crippen LogP contribution in [0.3, 0.4) is 0 Å². The highest BCUT2D eigenvalue weighted by atomic mass is 16.7. The largest absolute Gasteiger partial charge is 0.509 e. The highest BCUT2D eigenvalue weighted by molar-refractivity contribution is 6.00. The molecule has 0 saturated heterocycles. The van der Waals surface area contributed by atoms with Crippen LogP contribution in [0.1, 0.15) is 34.1 Å². The van der Waals surface area contributed by atoms with E-state index in [0.29, 0.717) is 0 Å². The average Bonchev–Trinajstić information content (AvgIpc) is 2.42. The first kappa shape index (κ1) is 19.0. The Hall–Kier alpha value is -2.03. The maximum absolute atomic E-state index is 11.9. The molecule has 0 aromatic heterocycles. The average molecular weight is 298 g/mol. The number of ether oxygens (including phenoxy) is 3. The van der Waals surface area contributed by atoms with E-state index >= 15 is 0 Å². The summed E-state index contributed by atoms with van der Waals surface area (Å²) in [7, 11) is 0. The SMILES string of the molecule is CCOC(=O)OCC#CCC(C(=O)OCC)C(=O)C(C)C. The van der Waals surface area contributed by atoms with E-state index in [-0.39, 0.29) is 37.9 Å². The molecule has 0 amide bonds. The van der Waals surface area contributed by atoms with Crippen molar-refractivity contribution in [2.75, 3.05) is 19.8 Å². The molecule has 0 aliphatic heterocycles. The fourth-order valence-corrected chi connectivity index (χ4v) is 1.43.